The fourth-order valence-electron chi connectivity index (χ4n) is 2.99. The Balaban J connectivity index is 1.49. The molecule has 0 aliphatic carbocycles. The first-order chi connectivity index (χ1) is 12.6. The van der Waals surface area contributed by atoms with Gasteiger partial charge in [-0.25, -0.2) is 0 Å². The fourth-order valence-corrected chi connectivity index (χ4v) is 2.99. The highest BCUT2D eigenvalue weighted by atomic mass is 16.5. The van der Waals surface area contributed by atoms with E-state index in [1.165, 1.54) is 0 Å². The average Bonchev–Trinajstić information content (AvgIpc) is 3.11. The topological polar surface area (TPSA) is 56.8 Å². The minimum Gasteiger partial charge on any atom is -0.491 e. The highest BCUT2D eigenvalue weighted by Crippen LogP contribution is 2.20. The Kier molecular flexibility index (Phi) is 6.12. The predicted octanol–water partition coefficient (Wildman–Crippen LogP) is 3.88. The van der Waals surface area contributed by atoms with Crippen molar-refractivity contribution < 1.29 is 19.0 Å². The lowest BCUT2D eigenvalue weighted by Gasteiger charge is -2.13. The Bertz CT molecular complexity index is 733. The highest BCUT2D eigenvalue weighted by molar-refractivity contribution is 5.92. The molecule has 138 valence electrons. The van der Waals surface area contributed by atoms with Crippen molar-refractivity contribution in [3.63, 3.8) is 0 Å². The summed E-state index contributed by atoms with van der Waals surface area (Å²) in [6, 6.07) is 13.3. The molecule has 0 saturated carbocycles. The van der Waals surface area contributed by atoms with Gasteiger partial charge in [0.15, 0.2) is 6.61 Å². The summed E-state index contributed by atoms with van der Waals surface area (Å²) >= 11 is 0. The van der Waals surface area contributed by atoms with Gasteiger partial charge in [0, 0.05) is 18.4 Å². The zero-order valence-electron chi connectivity index (χ0n) is 15.3. The van der Waals surface area contributed by atoms with E-state index in [9.17, 15) is 4.79 Å². The van der Waals surface area contributed by atoms with Crippen LogP contribution in [0.2, 0.25) is 0 Å². The molecule has 0 aromatic heterocycles. The summed E-state index contributed by atoms with van der Waals surface area (Å²) in [6.45, 7) is 5.31. The van der Waals surface area contributed by atoms with Crippen molar-refractivity contribution >= 4 is 11.6 Å². The SMILES string of the molecule is Cc1cc(C)cc(OCC(=O)Nc2cccc(OC[C@H]3CCCO3)c2)c1. The summed E-state index contributed by atoms with van der Waals surface area (Å²) in [5.41, 5.74) is 2.90. The molecule has 1 saturated heterocycles. The van der Waals surface area contributed by atoms with E-state index in [4.69, 9.17) is 14.2 Å². The number of benzene rings is 2. The largest absolute Gasteiger partial charge is 0.491 e. The van der Waals surface area contributed by atoms with Crippen molar-refractivity contribution in [1.29, 1.82) is 0 Å². The number of amides is 1. The zero-order valence-corrected chi connectivity index (χ0v) is 15.3. The van der Waals surface area contributed by atoms with E-state index in [-0.39, 0.29) is 18.6 Å². The Labute approximate surface area is 154 Å². The van der Waals surface area contributed by atoms with Gasteiger partial charge in [-0.1, -0.05) is 12.1 Å². The maximum absolute atomic E-state index is 12.1. The number of nitrogens with one attached hydrogen (secondary N) is 1. The van der Waals surface area contributed by atoms with Crippen LogP contribution in [-0.2, 0) is 9.53 Å². The van der Waals surface area contributed by atoms with Crippen molar-refractivity contribution in [3.8, 4) is 11.5 Å². The van der Waals surface area contributed by atoms with Crippen molar-refractivity contribution in [1.82, 2.24) is 0 Å². The molecule has 2 aromatic rings. The van der Waals surface area contributed by atoms with Gasteiger partial charge in [-0.15, -0.1) is 0 Å². The number of rotatable bonds is 7. The molecule has 1 aliphatic rings. The normalized spacial score (nSPS) is 16.3. The Morgan fingerprint density at radius 2 is 1.92 bits per heavy atom. The number of carbonyl (C=O) groups is 1. The van der Waals surface area contributed by atoms with Gasteiger partial charge in [0.25, 0.3) is 5.91 Å². The van der Waals surface area contributed by atoms with Crippen LogP contribution in [0.1, 0.15) is 24.0 Å². The Morgan fingerprint density at radius 3 is 2.65 bits per heavy atom. The molecular weight excluding hydrogens is 330 g/mol. The van der Waals surface area contributed by atoms with Gasteiger partial charge in [-0.2, -0.15) is 0 Å². The lowest BCUT2D eigenvalue weighted by molar-refractivity contribution is -0.118. The standard InChI is InChI=1S/C21H25NO4/c1-15-9-16(2)11-20(10-15)26-14-21(23)22-17-5-3-6-18(12-17)25-13-19-7-4-8-24-19/h3,5-6,9-12,19H,4,7-8,13-14H2,1-2H3,(H,22,23)/t19-/m1/s1. The number of anilines is 1. The molecule has 0 radical (unpaired) electrons. The molecule has 0 bridgehead atoms. The molecule has 0 unspecified atom stereocenters. The van der Waals surface area contributed by atoms with Gasteiger partial charge in [0.05, 0.1) is 6.10 Å². The van der Waals surface area contributed by atoms with E-state index in [2.05, 4.69) is 11.4 Å². The molecule has 1 aliphatic heterocycles. The monoisotopic (exact) mass is 355 g/mol. The predicted molar refractivity (Wildman–Crippen MR) is 101 cm³/mol. The summed E-state index contributed by atoms with van der Waals surface area (Å²) in [5, 5.41) is 2.83. The van der Waals surface area contributed by atoms with E-state index in [1.807, 2.05) is 50.2 Å². The maximum atomic E-state index is 12.1. The molecule has 26 heavy (non-hydrogen) atoms. The lowest BCUT2D eigenvalue weighted by atomic mass is 10.1. The molecule has 3 rings (SSSR count). The van der Waals surface area contributed by atoms with Crippen LogP contribution in [0.4, 0.5) is 5.69 Å². The van der Waals surface area contributed by atoms with Crippen LogP contribution >= 0.6 is 0 Å². The van der Waals surface area contributed by atoms with Crippen LogP contribution in [0.15, 0.2) is 42.5 Å². The van der Waals surface area contributed by atoms with E-state index in [0.29, 0.717) is 23.8 Å². The summed E-state index contributed by atoms with van der Waals surface area (Å²) in [7, 11) is 0. The van der Waals surface area contributed by atoms with Crippen molar-refractivity contribution in [2.24, 2.45) is 0 Å². The molecule has 5 heteroatoms. The van der Waals surface area contributed by atoms with Crippen molar-refractivity contribution in [2.75, 3.05) is 25.1 Å². The van der Waals surface area contributed by atoms with Crippen LogP contribution in [0.3, 0.4) is 0 Å². The van der Waals surface area contributed by atoms with Crippen LogP contribution in [-0.4, -0.2) is 31.8 Å². The second-order valence-electron chi connectivity index (χ2n) is 6.63. The van der Waals surface area contributed by atoms with Crippen molar-refractivity contribution in [3.05, 3.63) is 53.6 Å². The number of carbonyl (C=O) groups excluding carboxylic acids is 1. The average molecular weight is 355 g/mol. The first kappa shape index (κ1) is 18.3. The highest BCUT2D eigenvalue weighted by Gasteiger charge is 2.16. The molecule has 1 atom stereocenters. The number of hydrogen-bond donors (Lipinski definition) is 1. The minimum atomic E-state index is -0.208. The lowest BCUT2D eigenvalue weighted by Crippen LogP contribution is -2.20. The molecule has 1 fully saturated rings. The first-order valence-corrected chi connectivity index (χ1v) is 8.94. The third-order valence-electron chi connectivity index (χ3n) is 4.14. The summed E-state index contributed by atoms with van der Waals surface area (Å²) in [4.78, 5) is 12.1. The molecule has 2 aromatic carbocycles. The van der Waals surface area contributed by atoms with Gasteiger partial charge < -0.3 is 19.5 Å². The van der Waals surface area contributed by atoms with Crippen LogP contribution in [0.5, 0.6) is 11.5 Å². The number of aryl methyl sites for hydroxylation is 2. The first-order valence-electron chi connectivity index (χ1n) is 8.94. The van der Waals surface area contributed by atoms with E-state index in [0.717, 1.165) is 30.6 Å². The summed E-state index contributed by atoms with van der Waals surface area (Å²) < 4.78 is 16.9. The Morgan fingerprint density at radius 1 is 1.12 bits per heavy atom. The van der Waals surface area contributed by atoms with Gasteiger partial charge in [-0.3, -0.25) is 4.79 Å². The zero-order chi connectivity index (χ0) is 18.4. The quantitative estimate of drug-likeness (QED) is 0.819. The molecule has 5 nitrogen and oxygen atoms in total. The molecule has 1 N–H and O–H groups in total. The molecule has 0 spiro atoms. The third-order valence-corrected chi connectivity index (χ3v) is 4.14. The second kappa shape index (κ2) is 8.72. The molecule has 1 heterocycles. The van der Waals surface area contributed by atoms with E-state index < -0.39 is 0 Å². The van der Waals surface area contributed by atoms with Crippen LogP contribution in [0, 0.1) is 13.8 Å². The minimum absolute atomic E-state index is 0.0378. The smallest absolute Gasteiger partial charge is 0.262 e. The number of hydrogen-bond acceptors (Lipinski definition) is 4. The van der Waals surface area contributed by atoms with E-state index >= 15 is 0 Å². The maximum Gasteiger partial charge on any atom is 0.262 e. The van der Waals surface area contributed by atoms with Crippen molar-refractivity contribution in [2.45, 2.75) is 32.8 Å². The van der Waals surface area contributed by atoms with Gasteiger partial charge >= 0.3 is 0 Å². The molecular formula is C21H25NO4. The van der Waals surface area contributed by atoms with Crippen LogP contribution in [0.25, 0.3) is 0 Å². The third kappa shape index (κ3) is 5.49. The van der Waals surface area contributed by atoms with E-state index in [1.54, 1.807) is 0 Å². The van der Waals surface area contributed by atoms with Crippen LogP contribution < -0.4 is 14.8 Å². The Hall–Kier alpha value is -2.53. The van der Waals surface area contributed by atoms with Gasteiger partial charge in [-0.05, 0) is 62.1 Å². The second-order valence-corrected chi connectivity index (χ2v) is 6.63. The van der Waals surface area contributed by atoms with Gasteiger partial charge in [0.1, 0.15) is 18.1 Å². The number of ether oxygens (including phenoxy) is 3. The van der Waals surface area contributed by atoms with Gasteiger partial charge in [0.2, 0.25) is 0 Å². The summed E-state index contributed by atoms with van der Waals surface area (Å²) in [5.74, 6) is 1.21. The summed E-state index contributed by atoms with van der Waals surface area (Å²) in [6.07, 6.45) is 2.29. The fraction of sp³-hybridized carbons (Fsp3) is 0.381. The molecule has 1 amide bonds.